The molecule has 1 aromatic carbocycles. The summed E-state index contributed by atoms with van der Waals surface area (Å²) in [5.41, 5.74) is 1.78. The van der Waals surface area contributed by atoms with E-state index in [1.165, 1.54) is 0 Å². The summed E-state index contributed by atoms with van der Waals surface area (Å²) >= 11 is 6.08. The second-order valence-corrected chi connectivity index (χ2v) is 3.91. The van der Waals surface area contributed by atoms with Crippen LogP contribution in [0.5, 0.6) is 5.75 Å². The van der Waals surface area contributed by atoms with E-state index in [0.717, 1.165) is 0 Å². The number of benzene rings is 1. The van der Waals surface area contributed by atoms with Crippen molar-refractivity contribution < 1.29 is 4.74 Å². The average Bonchev–Trinajstić information content (AvgIpc) is 2.42. The van der Waals surface area contributed by atoms with Crippen LogP contribution in [0.3, 0.4) is 0 Å². The van der Waals surface area contributed by atoms with Crippen molar-refractivity contribution in [3.63, 3.8) is 0 Å². The Hall–Kier alpha value is -2.25. The Bertz CT molecular complexity index is 607. The van der Waals surface area contributed by atoms with Crippen LogP contribution in [0.1, 0.15) is 5.56 Å². The minimum atomic E-state index is 0.504. The van der Waals surface area contributed by atoms with Crippen LogP contribution in [-0.2, 0) is 0 Å². The van der Waals surface area contributed by atoms with Gasteiger partial charge in [-0.05, 0) is 18.2 Å². The van der Waals surface area contributed by atoms with Crippen molar-refractivity contribution in [2.24, 2.45) is 0 Å². The fourth-order valence-corrected chi connectivity index (χ4v) is 1.63. The van der Waals surface area contributed by atoms with Crippen molar-refractivity contribution in [2.75, 3.05) is 12.4 Å². The Labute approximate surface area is 110 Å². The number of hydrogen-bond donors (Lipinski definition) is 1. The molecule has 90 valence electrons. The smallest absolute Gasteiger partial charge is 0.121 e. The molecule has 1 aromatic heterocycles. The molecule has 2 aromatic rings. The van der Waals surface area contributed by atoms with Gasteiger partial charge in [-0.15, -0.1) is 0 Å². The molecule has 0 aliphatic heterocycles. The van der Waals surface area contributed by atoms with Gasteiger partial charge in [0.25, 0.3) is 0 Å². The Morgan fingerprint density at radius 3 is 2.89 bits per heavy atom. The highest BCUT2D eigenvalue weighted by atomic mass is 35.5. The van der Waals surface area contributed by atoms with E-state index in [0.29, 0.717) is 27.7 Å². The summed E-state index contributed by atoms with van der Waals surface area (Å²) in [5.74, 6) is 0.685. The third-order valence-electron chi connectivity index (χ3n) is 2.38. The molecule has 0 aliphatic rings. The molecule has 0 bridgehead atoms. The summed E-state index contributed by atoms with van der Waals surface area (Å²) < 4.78 is 5.12. The number of hydrogen-bond acceptors (Lipinski definition) is 4. The number of ether oxygens (including phenoxy) is 1. The summed E-state index contributed by atoms with van der Waals surface area (Å²) in [4.78, 5) is 3.97. The van der Waals surface area contributed by atoms with Gasteiger partial charge in [-0.3, -0.25) is 4.98 Å². The third-order valence-corrected chi connectivity index (χ3v) is 2.71. The lowest BCUT2D eigenvalue weighted by Gasteiger charge is -2.10. The first-order valence-electron chi connectivity index (χ1n) is 5.19. The van der Waals surface area contributed by atoms with Crippen molar-refractivity contribution in [1.29, 1.82) is 5.26 Å². The summed E-state index contributed by atoms with van der Waals surface area (Å²) in [6.07, 6.45) is 3.14. The Morgan fingerprint density at radius 2 is 2.17 bits per heavy atom. The molecular formula is C13H10ClN3O. The van der Waals surface area contributed by atoms with Gasteiger partial charge in [0.05, 0.1) is 35.3 Å². The van der Waals surface area contributed by atoms with Crippen LogP contribution in [-0.4, -0.2) is 12.1 Å². The molecular weight excluding hydrogens is 250 g/mol. The van der Waals surface area contributed by atoms with E-state index in [4.69, 9.17) is 21.6 Å². The van der Waals surface area contributed by atoms with Crippen molar-refractivity contribution in [3.8, 4) is 11.8 Å². The van der Waals surface area contributed by atoms with Gasteiger partial charge in [-0.2, -0.15) is 5.26 Å². The van der Waals surface area contributed by atoms with Crippen LogP contribution < -0.4 is 10.1 Å². The van der Waals surface area contributed by atoms with E-state index in [9.17, 15) is 0 Å². The first-order valence-corrected chi connectivity index (χ1v) is 5.57. The number of aromatic nitrogens is 1. The topological polar surface area (TPSA) is 57.9 Å². The normalized spacial score (nSPS) is 9.61. The predicted molar refractivity (Wildman–Crippen MR) is 70.2 cm³/mol. The zero-order valence-electron chi connectivity index (χ0n) is 9.64. The summed E-state index contributed by atoms with van der Waals surface area (Å²) in [7, 11) is 1.58. The number of rotatable bonds is 3. The molecule has 0 saturated carbocycles. The fraction of sp³-hybridized carbons (Fsp3) is 0.0769. The van der Waals surface area contributed by atoms with Crippen LogP contribution >= 0.6 is 11.6 Å². The lowest BCUT2D eigenvalue weighted by molar-refractivity contribution is 0.415. The minimum absolute atomic E-state index is 0.504. The first kappa shape index (κ1) is 12.2. The van der Waals surface area contributed by atoms with Crippen LogP contribution in [0.25, 0.3) is 0 Å². The molecule has 0 saturated heterocycles. The molecule has 0 radical (unpaired) electrons. The number of pyridine rings is 1. The first-order chi connectivity index (χ1) is 8.74. The third kappa shape index (κ3) is 2.53. The number of anilines is 2. The molecule has 2 rings (SSSR count). The van der Waals surface area contributed by atoms with Crippen molar-refractivity contribution in [3.05, 3.63) is 47.2 Å². The second-order valence-electron chi connectivity index (χ2n) is 3.50. The number of nitrogens with one attached hydrogen (secondary N) is 1. The van der Waals surface area contributed by atoms with Crippen LogP contribution in [0.15, 0.2) is 36.7 Å². The zero-order chi connectivity index (χ0) is 13.0. The summed E-state index contributed by atoms with van der Waals surface area (Å²) in [5, 5.41) is 12.6. The number of nitriles is 1. The van der Waals surface area contributed by atoms with Gasteiger partial charge in [0, 0.05) is 12.3 Å². The zero-order valence-corrected chi connectivity index (χ0v) is 10.4. The molecule has 5 heteroatoms. The highest BCUT2D eigenvalue weighted by molar-refractivity contribution is 6.33. The van der Waals surface area contributed by atoms with Crippen molar-refractivity contribution in [1.82, 2.24) is 4.98 Å². The molecule has 18 heavy (non-hydrogen) atoms. The van der Waals surface area contributed by atoms with E-state index in [-0.39, 0.29) is 0 Å². The second kappa shape index (κ2) is 5.39. The maximum absolute atomic E-state index is 8.99. The van der Waals surface area contributed by atoms with E-state index in [2.05, 4.69) is 16.4 Å². The van der Waals surface area contributed by atoms with Gasteiger partial charge in [0.15, 0.2) is 0 Å². The van der Waals surface area contributed by atoms with Crippen molar-refractivity contribution >= 4 is 23.0 Å². The quantitative estimate of drug-likeness (QED) is 0.918. The molecule has 0 fully saturated rings. The molecule has 1 N–H and O–H groups in total. The minimum Gasteiger partial charge on any atom is -0.497 e. The predicted octanol–water partition coefficient (Wildman–Crippen LogP) is 3.36. The van der Waals surface area contributed by atoms with E-state index < -0.39 is 0 Å². The molecule has 1 heterocycles. The van der Waals surface area contributed by atoms with E-state index in [1.54, 1.807) is 43.8 Å². The van der Waals surface area contributed by atoms with E-state index in [1.807, 2.05) is 0 Å². The van der Waals surface area contributed by atoms with Gasteiger partial charge in [-0.1, -0.05) is 11.6 Å². The molecule has 0 spiro atoms. The maximum Gasteiger partial charge on any atom is 0.121 e. The number of methoxy groups -OCH3 is 1. The van der Waals surface area contributed by atoms with Crippen LogP contribution in [0.2, 0.25) is 5.02 Å². The van der Waals surface area contributed by atoms with Crippen LogP contribution in [0.4, 0.5) is 11.4 Å². The Kier molecular flexibility index (Phi) is 3.66. The largest absolute Gasteiger partial charge is 0.497 e. The lowest BCUT2D eigenvalue weighted by atomic mass is 10.2. The van der Waals surface area contributed by atoms with Crippen molar-refractivity contribution in [2.45, 2.75) is 0 Å². The van der Waals surface area contributed by atoms with Gasteiger partial charge < -0.3 is 10.1 Å². The van der Waals surface area contributed by atoms with Crippen LogP contribution in [0, 0.1) is 11.3 Å². The Balaban J connectivity index is 2.37. The van der Waals surface area contributed by atoms with Gasteiger partial charge in [-0.25, -0.2) is 0 Å². The highest BCUT2D eigenvalue weighted by Crippen LogP contribution is 2.30. The maximum atomic E-state index is 8.99. The molecule has 0 aliphatic carbocycles. The average molecular weight is 260 g/mol. The Morgan fingerprint density at radius 1 is 1.33 bits per heavy atom. The molecule has 4 nitrogen and oxygen atoms in total. The molecule has 0 amide bonds. The SMILES string of the molecule is COc1ccc(Cl)c(Nc2cnccc2C#N)c1. The lowest BCUT2D eigenvalue weighted by Crippen LogP contribution is -1.96. The van der Waals surface area contributed by atoms with Gasteiger partial charge in [0.1, 0.15) is 11.8 Å². The number of halogens is 1. The standard InChI is InChI=1S/C13H10ClN3O/c1-18-10-2-3-11(14)12(6-10)17-13-8-16-5-4-9(13)7-15/h2-6,8,17H,1H3. The summed E-state index contributed by atoms with van der Waals surface area (Å²) in [6.45, 7) is 0. The number of nitrogens with zero attached hydrogens (tertiary/aromatic N) is 2. The fourth-order valence-electron chi connectivity index (χ4n) is 1.46. The highest BCUT2D eigenvalue weighted by Gasteiger charge is 2.06. The monoisotopic (exact) mass is 259 g/mol. The van der Waals surface area contributed by atoms with Gasteiger partial charge in [0.2, 0.25) is 0 Å². The van der Waals surface area contributed by atoms with E-state index >= 15 is 0 Å². The molecule has 0 atom stereocenters. The molecule has 0 unspecified atom stereocenters. The summed E-state index contributed by atoms with van der Waals surface area (Å²) in [6, 6.07) is 8.98. The van der Waals surface area contributed by atoms with Gasteiger partial charge >= 0.3 is 0 Å².